The fraction of sp³-hybridized carbons (Fsp3) is 0.300. The number of anilines is 1. The summed E-state index contributed by atoms with van der Waals surface area (Å²) in [5.74, 6) is 0.226. The van der Waals surface area contributed by atoms with Crippen molar-refractivity contribution in [2.75, 3.05) is 12.4 Å². The summed E-state index contributed by atoms with van der Waals surface area (Å²) in [6.07, 6.45) is -1.78. The third kappa shape index (κ3) is 5.51. The number of rotatable bonds is 7. The lowest BCUT2D eigenvalue weighted by atomic mass is 10.2. The molecule has 1 N–H and O–H groups in total. The number of nitrogens with one attached hydrogen (secondary N) is 1. The molecule has 2 rings (SSSR count). The van der Waals surface area contributed by atoms with Crippen molar-refractivity contribution in [1.82, 2.24) is 0 Å². The Kier molecular flexibility index (Phi) is 6.60. The predicted octanol–water partition coefficient (Wildman–Crippen LogP) is 3.34. The molecule has 2 atom stereocenters. The van der Waals surface area contributed by atoms with Crippen LogP contribution in [0.25, 0.3) is 0 Å². The lowest BCUT2D eigenvalue weighted by Crippen LogP contribution is -2.35. The van der Waals surface area contributed by atoms with Gasteiger partial charge in [0, 0.05) is 5.69 Å². The summed E-state index contributed by atoms with van der Waals surface area (Å²) in [5, 5.41) is 2.68. The summed E-state index contributed by atoms with van der Waals surface area (Å²) in [7, 11) is 1.56. The molecule has 0 unspecified atom stereocenters. The highest BCUT2D eigenvalue weighted by Crippen LogP contribution is 2.17. The van der Waals surface area contributed by atoms with E-state index < -0.39 is 24.1 Å². The minimum absolute atomic E-state index is 0.425. The van der Waals surface area contributed by atoms with Crippen LogP contribution in [0.3, 0.4) is 0 Å². The predicted molar refractivity (Wildman–Crippen MR) is 98.4 cm³/mol. The number of carbonyl (C=O) groups excluding carboxylic acids is 2. The van der Waals surface area contributed by atoms with Crippen LogP contribution in [-0.2, 0) is 14.3 Å². The van der Waals surface area contributed by atoms with E-state index in [0.29, 0.717) is 17.2 Å². The van der Waals surface area contributed by atoms with Gasteiger partial charge in [-0.1, -0.05) is 12.1 Å². The Hall–Kier alpha value is -3.02. The van der Waals surface area contributed by atoms with Gasteiger partial charge in [0.25, 0.3) is 5.91 Å². The molecule has 0 fully saturated rings. The van der Waals surface area contributed by atoms with Gasteiger partial charge in [-0.15, -0.1) is 0 Å². The average molecular weight is 357 g/mol. The fourth-order valence-corrected chi connectivity index (χ4v) is 2.18. The van der Waals surface area contributed by atoms with Crippen molar-refractivity contribution in [3.05, 3.63) is 54.1 Å². The Bertz CT molecular complexity index is 757. The Morgan fingerprint density at radius 3 is 2.27 bits per heavy atom. The van der Waals surface area contributed by atoms with Crippen LogP contribution in [0.4, 0.5) is 5.69 Å². The summed E-state index contributed by atoms with van der Waals surface area (Å²) < 4.78 is 15.8. The van der Waals surface area contributed by atoms with Crippen LogP contribution in [0.2, 0.25) is 0 Å². The second kappa shape index (κ2) is 8.89. The van der Waals surface area contributed by atoms with E-state index in [1.54, 1.807) is 44.4 Å². The van der Waals surface area contributed by atoms with Gasteiger partial charge < -0.3 is 19.5 Å². The quantitative estimate of drug-likeness (QED) is 0.770. The first-order valence-corrected chi connectivity index (χ1v) is 8.28. The number of hydrogen-bond donors (Lipinski definition) is 1. The number of amides is 1. The average Bonchev–Trinajstić information content (AvgIpc) is 2.62. The van der Waals surface area contributed by atoms with Crippen molar-refractivity contribution >= 4 is 17.6 Å². The van der Waals surface area contributed by atoms with E-state index in [-0.39, 0.29) is 0 Å². The Morgan fingerprint density at radius 2 is 1.65 bits per heavy atom. The van der Waals surface area contributed by atoms with E-state index in [4.69, 9.17) is 14.2 Å². The first-order chi connectivity index (χ1) is 12.4. The van der Waals surface area contributed by atoms with Crippen LogP contribution < -0.4 is 14.8 Å². The highest BCUT2D eigenvalue weighted by Gasteiger charge is 2.23. The second-order valence-electron chi connectivity index (χ2n) is 5.87. The molecule has 0 bridgehead atoms. The van der Waals surface area contributed by atoms with Crippen molar-refractivity contribution in [3.8, 4) is 11.5 Å². The van der Waals surface area contributed by atoms with Gasteiger partial charge in [-0.3, -0.25) is 4.79 Å². The molecular formula is C20H23NO5. The maximum Gasteiger partial charge on any atom is 0.347 e. The fourth-order valence-electron chi connectivity index (χ4n) is 2.18. The van der Waals surface area contributed by atoms with E-state index in [2.05, 4.69) is 5.32 Å². The molecule has 138 valence electrons. The third-order valence-corrected chi connectivity index (χ3v) is 3.65. The van der Waals surface area contributed by atoms with Gasteiger partial charge in [0.1, 0.15) is 11.5 Å². The molecular weight excluding hydrogens is 334 g/mol. The highest BCUT2D eigenvalue weighted by atomic mass is 16.6. The Labute approximate surface area is 153 Å². The van der Waals surface area contributed by atoms with Gasteiger partial charge in [-0.2, -0.15) is 0 Å². The molecule has 0 radical (unpaired) electrons. The maximum atomic E-state index is 12.2. The normalized spacial score (nSPS) is 12.6. The third-order valence-electron chi connectivity index (χ3n) is 3.65. The highest BCUT2D eigenvalue weighted by molar-refractivity contribution is 5.95. The summed E-state index contributed by atoms with van der Waals surface area (Å²) in [6.45, 7) is 5.02. The van der Waals surface area contributed by atoms with Crippen molar-refractivity contribution in [2.24, 2.45) is 0 Å². The zero-order valence-electron chi connectivity index (χ0n) is 15.3. The van der Waals surface area contributed by atoms with Gasteiger partial charge in [0.2, 0.25) is 0 Å². The smallest absolute Gasteiger partial charge is 0.347 e. The van der Waals surface area contributed by atoms with Gasteiger partial charge in [-0.25, -0.2) is 4.79 Å². The maximum absolute atomic E-state index is 12.2. The Balaban J connectivity index is 1.87. The molecule has 0 saturated carbocycles. The molecule has 26 heavy (non-hydrogen) atoms. The molecule has 0 aliphatic carbocycles. The standard InChI is InChI=1S/C20H23NO5/c1-13-6-5-7-18(12-13)25-15(3)20(23)26-14(2)19(22)21-16-8-10-17(24-4)11-9-16/h5-12,14-15H,1-4H3,(H,21,22)/t14-,15-/m1/s1. The number of hydrogen-bond acceptors (Lipinski definition) is 5. The molecule has 2 aromatic rings. The molecule has 1 amide bonds. The van der Waals surface area contributed by atoms with Gasteiger partial charge in [0.15, 0.2) is 12.2 Å². The molecule has 0 spiro atoms. The molecule has 0 heterocycles. The van der Waals surface area contributed by atoms with Gasteiger partial charge in [-0.05, 0) is 62.7 Å². The molecule has 0 aliphatic heterocycles. The topological polar surface area (TPSA) is 73.9 Å². The zero-order chi connectivity index (χ0) is 19.1. The molecule has 0 saturated heterocycles. The molecule has 6 heteroatoms. The molecule has 0 aliphatic rings. The summed E-state index contributed by atoms with van der Waals surface area (Å²) in [5.41, 5.74) is 1.61. The van der Waals surface area contributed by atoms with Gasteiger partial charge in [0.05, 0.1) is 7.11 Å². The number of benzene rings is 2. The first-order valence-electron chi connectivity index (χ1n) is 8.28. The number of methoxy groups -OCH3 is 1. The number of carbonyl (C=O) groups is 2. The van der Waals surface area contributed by atoms with Crippen molar-refractivity contribution in [1.29, 1.82) is 0 Å². The van der Waals surface area contributed by atoms with Crippen LogP contribution in [0, 0.1) is 6.92 Å². The van der Waals surface area contributed by atoms with Crippen molar-refractivity contribution in [2.45, 2.75) is 33.0 Å². The van der Waals surface area contributed by atoms with Crippen molar-refractivity contribution in [3.63, 3.8) is 0 Å². The molecule has 6 nitrogen and oxygen atoms in total. The Morgan fingerprint density at radius 1 is 0.962 bits per heavy atom. The largest absolute Gasteiger partial charge is 0.497 e. The second-order valence-corrected chi connectivity index (χ2v) is 5.87. The summed E-state index contributed by atoms with van der Waals surface area (Å²) in [6, 6.07) is 14.2. The number of esters is 1. The monoisotopic (exact) mass is 357 g/mol. The van der Waals surface area contributed by atoms with Crippen LogP contribution in [0.5, 0.6) is 11.5 Å². The van der Waals surface area contributed by atoms with E-state index in [1.165, 1.54) is 6.92 Å². The minimum Gasteiger partial charge on any atom is -0.497 e. The van der Waals surface area contributed by atoms with Crippen molar-refractivity contribution < 1.29 is 23.8 Å². The number of ether oxygens (including phenoxy) is 3. The van der Waals surface area contributed by atoms with Crippen LogP contribution in [0.15, 0.2) is 48.5 Å². The van der Waals surface area contributed by atoms with Crippen LogP contribution in [0.1, 0.15) is 19.4 Å². The van der Waals surface area contributed by atoms with E-state index >= 15 is 0 Å². The van der Waals surface area contributed by atoms with Gasteiger partial charge >= 0.3 is 5.97 Å². The number of aryl methyl sites for hydroxylation is 1. The minimum atomic E-state index is -0.951. The van der Waals surface area contributed by atoms with Crippen LogP contribution >= 0.6 is 0 Å². The van der Waals surface area contributed by atoms with E-state index in [1.807, 2.05) is 25.1 Å². The molecule has 2 aromatic carbocycles. The van der Waals surface area contributed by atoms with E-state index in [0.717, 1.165) is 5.56 Å². The van der Waals surface area contributed by atoms with Crippen LogP contribution in [-0.4, -0.2) is 31.2 Å². The zero-order valence-corrected chi connectivity index (χ0v) is 15.3. The van der Waals surface area contributed by atoms with E-state index in [9.17, 15) is 9.59 Å². The SMILES string of the molecule is COc1ccc(NC(=O)[C@@H](C)OC(=O)[C@@H](C)Oc2cccc(C)c2)cc1. The lowest BCUT2D eigenvalue weighted by Gasteiger charge is -2.18. The first kappa shape index (κ1) is 19.3. The summed E-state index contributed by atoms with van der Waals surface area (Å²) in [4.78, 5) is 24.3. The summed E-state index contributed by atoms with van der Waals surface area (Å²) >= 11 is 0. The lowest BCUT2D eigenvalue weighted by molar-refractivity contribution is -0.159. The molecule has 0 aromatic heterocycles.